The van der Waals surface area contributed by atoms with Gasteiger partial charge < -0.3 is 20.7 Å². The first kappa shape index (κ1) is 14.3. The highest BCUT2D eigenvalue weighted by Crippen LogP contribution is 2.14. The van der Waals surface area contributed by atoms with Gasteiger partial charge in [-0.15, -0.1) is 0 Å². The summed E-state index contributed by atoms with van der Waals surface area (Å²) in [5.41, 5.74) is 5.60. The maximum absolute atomic E-state index is 11.5. The lowest BCUT2D eigenvalue weighted by Crippen LogP contribution is -2.50. The van der Waals surface area contributed by atoms with Gasteiger partial charge in [0.15, 0.2) is 0 Å². The molecule has 1 heterocycles. The van der Waals surface area contributed by atoms with Crippen LogP contribution in [-0.4, -0.2) is 49.3 Å². The first-order valence-corrected chi connectivity index (χ1v) is 6.19. The summed E-state index contributed by atoms with van der Waals surface area (Å²) < 4.78 is 5.18. The number of alkyl carbamates (subject to hydrolysis) is 1. The molecule has 5 nitrogen and oxygen atoms in total. The van der Waals surface area contributed by atoms with Crippen molar-refractivity contribution >= 4 is 6.09 Å². The van der Waals surface area contributed by atoms with Gasteiger partial charge in [0.2, 0.25) is 0 Å². The van der Waals surface area contributed by atoms with Gasteiger partial charge in [-0.1, -0.05) is 0 Å². The number of carbonyl (C=O) groups excluding carboxylic acids is 1. The highest BCUT2D eigenvalue weighted by atomic mass is 16.6. The monoisotopic (exact) mass is 243 g/mol. The fourth-order valence-corrected chi connectivity index (χ4v) is 1.98. The van der Waals surface area contributed by atoms with Crippen molar-refractivity contribution in [2.75, 3.05) is 26.7 Å². The van der Waals surface area contributed by atoms with Crippen molar-refractivity contribution in [2.45, 2.75) is 38.8 Å². The Bertz CT molecular complexity index is 263. The second-order valence-corrected chi connectivity index (χ2v) is 5.86. The lowest BCUT2D eigenvalue weighted by molar-refractivity contribution is 0.0508. The molecule has 2 atom stereocenters. The number of ether oxygens (including phenoxy) is 1. The number of hydrogen-bond donors (Lipinski definition) is 2. The van der Waals surface area contributed by atoms with Crippen LogP contribution in [0.25, 0.3) is 0 Å². The first-order valence-electron chi connectivity index (χ1n) is 6.19. The molecule has 0 unspecified atom stereocenters. The number of likely N-dealkylation sites (tertiary alicyclic amines) is 1. The second-order valence-electron chi connectivity index (χ2n) is 5.86. The highest BCUT2D eigenvalue weighted by molar-refractivity contribution is 5.67. The maximum Gasteiger partial charge on any atom is 0.407 e. The highest BCUT2D eigenvalue weighted by Gasteiger charge is 2.25. The Morgan fingerprint density at radius 2 is 2.18 bits per heavy atom. The summed E-state index contributed by atoms with van der Waals surface area (Å²) in [6, 6.07) is 0.128. The molecule has 17 heavy (non-hydrogen) atoms. The molecule has 0 spiro atoms. The molecule has 1 aliphatic heterocycles. The van der Waals surface area contributed by atoms with E-state index >= 15 is 0 Å². The second kappa shape index (κ2) is 5.69. The molecule has 0 aliphatic carbocycles. The van der Waals surface area contributed by atoms with Gasteiger partial charge in [-0.2, -0.15) is 0 Å². The summed E-state index contributed by atoms with van der Waals surface area (Å²) in [6.45, 7) is 8.09. The molecule has 1 aliphatic rings. The number of hydrogen-bond acceptors (Lipinski definition) is 4. The number of nitrogens with one attached hydrogen (secondary N) is 1. The molecule has 0 radical (unpaired) electrons. The number of likely N-dealkylation sites (N-methyl/N-ethyl adjacent to an activating group) is 1. The van der Waals surface area contributed by atoms with Crippen molar-refractivity contribution in [1.29, 1.82) is 0 Å². The van der Waals surface area contributed by atoms with Gasteiger partial charge in [0.1, 0.15) is 5.60 Å². The van der Waals surface area contributed by atoms with Crippen LogP contribution >= 0.6 is 0 Å². The number of nitrogens with two attached hydrogens (primary N) is 1. The molecule has 1 fully saturated rings. The predicted octanol–water partition coefficient (Wildman–Crippen LogP) is 0.790. The molecule has 1 saturated heterocycles. The van der Waals surface area contributed by atoms with Crippen LogP contribution in [0.1, 0.15) is 27.2 Å². The van der Waals surface area contributed by atoms with E-state index in [4.69, 9.17) is 10.5 Å². The van der Waals surface area contributed by atoms with E-state index in [0.29, 0.717) is 12.5 Å². The number of carbonyl (C=O) groups is 1. The van der Waals surface area contributed by atoms with Crippen LogP contribution in [0.5, 0.6) is 0 Å². The molecule has 3 N–H and O–H groups in total. The van der Waals surface area contributed by atoms with Crippen molar-refractivity contribution < 1.29 is 9.53 Å². The first-order chi connectivity index (χ1) is 7.78. The topological polar surface area (TPSA) is 67.6 Å². The van der Waals surface area contributed by atoms with Crippen molar-refractivity contribution in [1.82, 2.24) is 10.2 Å². The van der Waals surface area contributed by atoms with Crippen molar-refractivity contribution in [2.24, 2.45) is 11.7 Å². The van der Waals surface area contributed by atoms with Crippen LogP contribution < -0.4 is 11.1 Å². The van der Waals surface area contributed by atoms with E-state index in [1.807, 2.05) is 20.8 Å². The van der Waals surface area contributed by atoms with E-state index in [0.717, 1.165) is 19.5 Å². The molecule has 1 rings (SSSR count). The third-order valence-electron chi connectivity index (χ3n) is 2.92. The third-order valence-corrected chi connectivity index (χ3v) is 2.92. The minimum absolute atomic E-state index is 0.128. The maximum atomic E-state index is 11.5. The molecule has 100 valence electrons. The van der Waals surface area contributed by atoms with Gasteiger partial charge >= 0.3 is 6.09 Å². The largest absolute Gasteiger partial charge is 0.444 e. The van der Waals surface area contributed by atoms with E-state index in [1.54, 1.807) is 0 Å². The summed E-state index contributed by atoms with van der Waals surface area (Å²) in [6.07, 6.45) is 0.664. The van der Waals surface area contributed by atoms with Crippen LogP contribution in [0.2, 0.25) is 0 Å². The third kappa shape index (κ3) is 5.37. The quantitative estimate of drug-likeness (QED) is 0.752. The number of nitrogens with zero attached hydrogens (tertiary/aromatic N) is 1. The Hall–Kier alpha value is -0.810. The van der Waals surface area contributed by atoms with Crippen molar-refractivity contribution in [3.63, 3.8) is 0 Å². The summed E-state index contributed by atoms with van der Waals surface area (Å²) in [5, 5.41) is 2.79. The molecule has 0 saturated carbocycles. The van der Waals surface area contributed by atoms with Crippen LogP contribution in [0, 0.1) is 5.92 Å². The lowest BCUT2D eigenvalue weighted by Gasteiger charge is -2.34. The van der Waals surface area contributed by atoms with Crippen LogP contribution in [0.4, 0.5) is 4.79 Å². The van der Waals surface area contributed by atoms with Crippen LogP contribution in [-0.2, 0) is 4.74 Å². The van der Waals surface area contributed by atoms with Crippen molar-refractivity contribution in [3.8, 4) is 0 Å². The molecule has 1 amide bonds. The smallest absolute Gasteiger partial charge is 0.407 e. The zero-order chi connectivity index (χ0) is 13.1. The predicted molar refractivity (Wildman–Crippen MR) is 67.8 cm³/mol. The minimum Gasteiger partial charge on any atom is -0.444 e. The summed E-state index contributed by atoms with van der Waals surface area (Å²) in [7, 11) is 2.07. The SMILES string of the molecule is CN1CC[C@@H](CNC(=O)OC(C)(C)C)[C@@H](N)C1. The number of amides is 1. The van der Waals surface area contributed by atoms with E-state index in [9.17, 15) is 4.79 Å². The van der Waals surface area contributed by atoms with Gasteiger partial charge in [-0.3, -0.25) is 0 Å². The van der Waals surface area contributed by atoms with Crippen LogP contribution in [0.15, 0.2) is 0 Å². The van der Waals surface area contributed by atoms with E-state index in [2.05, 4.69) is 17.3 Å². The average Bonchev–Trinajstić information content (AvgIpc) is 2.13. The Labute approximate surface area is 104 Å². The van der Waals surface area contributed by atoms with E-state index in [1.165, 1.54) is 0 Å². The van der Waals surface area contributed by atoms with Gasteiger partial charge in [-0.25, -0.2) is 4.79 Å². The summed E-state index contributed by atoms with van der Waals surface area (Å²) in [5.74, 6) is 0.346. The fraction of sp³-hybridized carbons (Fsp3) is 0.917. The average molecular weight is 243 g/mol. The van der Waals surface area contributed by atoms with Crippen LogP contribution in [0.3, 0.4) is 0 Å². The Morgan fingerprint density at radius 3 is 2.71 bits per heavy atom. The minimum atomic E-state index is -0.445. The van der Waals surface area contributed by atoms with E-state index < -0.39 is 5.60 Å². The zero-order valence-corrected chi connectivity index (χ0v) is 11.3. The normalized spacial score (nSPS) is 26.6. The van der Waals surface area contributed by atoms with Gasteiger partial charge in [0.05, 0.1) is 0 Å². The Kier molecular flexibility index (Phi) is 4.77. The van der Waals surface area contributed by atoms with Gasteiger partial charge in [0.25, 0.3) is 0 Å². The van der Waals surface area contributed by atoms with Gasteiger partial charge in [-0.05, 0) is 46.7 Å². The zero-order valence-electron chi connectivity index (χ0n) is 11.3. The Balaban J connectivity index is 2.28. The molecule has 5 heteroatoms. The molecule has 0 bridgehead atoms. The summed E-state index contributed by atoms with van der Waals surface area (Å²) in [4.78, 5) is 13.7. The van der Waals surface area contributed by atoms with Crippen molar-refractivity contribution in [3.05, 3.63) is 0 Å². The Morgan fingerprint density at radius 1 is 1.53 bits per heavy atom. The lowest BCUT2D eigenvalue weighted by atomic mass is 9.92. The molecule has 0 aromatic rings. The fourth-order valence-electron chi connectivity index (χ4n) is 1.98. The molecule has 0 aromatic heterocycles. The van der Waals surface area contributed by atoms with Gasteiger partial charge in [0, 0.05) is 19.1 Å². The molecular formula is C12H25N3O2. The molecule has 0 aromatic carbocycles. The summed E-state index contributed by atoms with van der Waals surface area (Å²) >= 11 is 0. The number of rotatable bonds is 2. The standard InChI is InChI=1S/C12H25N3O2/c1-12(2,3)17-11(16)14-7-9-5-6-15(4)8-10(9)13/h9-10H,5-8,13H2,1-4H3,(H,14,16)/t9-,10-/m0/s1. The number of piperidine rings is 1. The van der Waals surface area contributed by atoms with E-state index in [-0.39, 0.29) is 12.1 Å². The molecular weight excluding hydrogens is 218 g/mol.